The number of rotatable bonds is 2. The molecule has 1 aliphatic heterocycles. The van der Waals surface area contributed by atoms with Gasteiger partial charge in [0.25, 0.3) is 0 Å². The number of halogens is 1. The van der Waals surface area contributed by atoms with Crippen LogP contribution in [0.2, 0.25) is 5.02 Å². The molecule has 1 aliphatic rings. The van der Waals surface area contributed by atoms with Crippen molar-refractivity contribution in [3.63, 3.8) is 0 Å². The summed E-state index contributed by atoms with van der Waals surface area (Å²) in [6.45, 7) is 2.02. The summed E-state index contributed by atoms with van der Waals surface area (Å²) in [4.78, 5) is 0. The topological polar surface area (TPSA) is 41.5 Å². The summed E-state index contributed by atoms with van der Waals surface area (Å²) >= 11 is 5.86. The molecule has 4 heteroatoms. The first-order chi connectivity index (χ1) is 7.74. The van der Waals surface area contributed by atoms with Crippen LogP contribution in [0.1, 0.15) is 24.3 Å². The summed E-state index contributed by atoms with van der Waals surface area (Å²) in [5.74, 6) is 1.03. The molecule has 1 aromatic carbocycles. The molecule has 0 bridgehead atoms. The smallest absolute Gasteiger partial charge is 0.177 e. The molecule has 0 aromatic heterocycles. The van der Waals surface area contributed by atoms with Gasteiger partial charge in [0.2, 0.25) is 0 Å². The van der Waals surface area contributed by atoms with Crippen molar-refractivity contribution in [1.82, 2.24) is 5.32 Å². The van der Waals surface area contributed by atoms with Crippen molar-refractivity contribution in [2.24, 2.45) is 0 Å². The second-order valence-electron chi connectivity index (χ2n) is 4.04. The van der Waals surface area contributed by atoms with Crippen molar-refractivity contribution in [3.05, 3.63) is 22.7 Å². The van der Waals surface area contributed by atoms with E-state index in [2.05, 4.69) is 5.32 Å². The molecule has 3 nitrogen and oxygen atoms in total. The number of piperidine rings is 1. The van der Waals surface area contributed by atoms with Crippen LogP contribution in [0.4, 0.5) is 0 Å². The Labute approximate surface area is 100 Å². The zero-order chi connectivity index (χ0) is 11.5. The van der Waals surface area contributed by atoms with E-state index in [1.807, 2.05) is 6.07 Å². The maximum Gasteiger partial charge on any atom is 0.177 e. The van der Waals surface area contributed by atoms with Gasteiger partial charge in [-0.2, -0.15) is 0 Å². The van der Waals surface area contributed by atoms with Crippen molar-refractivity contribution in [2.45, 2.75) is 18.8 Å². The van der Waals surface area contributed by atoms with E-state index in [0.717, 1.165) is 31.5 Å². The quantitative estimate of drug-likeness (QED) is 0.836. The Kier molecular flexibility index (Phi) is 3.56. The third-order valence-electron chi connectivity index (χ3n) is 3.10. The maximum atomic E-state index is 9.84. The zero-order valence-electron chi connectivity index (χ0n) is 9.29. The molecule has 0 unspecified atom stereocenters. The summed E-state index contributed by atoms with van der Waals surface area (Å²) in [6.07, 6.45) is 2.13. The highest BCUT2D eigenvalue weighted by Crippen LogP contribution is 2.42. The number of hydrogen-bond acceptors (Lipinski definition) is 3. The number of benzene rings is 1. The van der Waals surface area contributed by atoms with Gasteiger partial charge in [0, 0.05) is 5.56 Å². The molecule has 2 rings (SSSR count). The molecular weight excluding hydrogens is 226 g/mol. The number of nitrogens with one attached hydrogen (secondary N) is 1. The minimum atomic E-state index is 0.0557. The average Bonchev–Trinajstić information content (AvgIpc) is 2.33. The number of methoxy groups -OCH3 is 1. The van der Waals surface area contributed by atoms with Crippen molar-refractivity contribution in [3.8, 4) is 11.5 Å². The Morgan fingerprint density at radius 1 is 1.38 bits per heavy atom. The summed E-state index contributed by atoms with van der Waals surface area (Å²) < 4.78 is 5.26. The highest BCUT2D eigenvalue weighted by Gasteiger charge is 2.21. The first-order valence-electron chi connectivity index (χ1n) is 5.50. The largest absolute Gasteiger partial charge is 0.503 e. The molecule has 0 atom stereocenters. The van der Waals surface area contributed by atoms with Crippen LogP contribution in [0, 0.1) is 0 Å². The van der Waals surface area contributed by atoms with Gasteiger partial charge in [0.15, 0.2) is 11.5 Å². The Bertz CT molecular complexity index is 376. The van der Waals surface area contributed by atoms with Gasteiger partial charge in [0.05, 0.1) is 12.1 Å². The summed E-state index contributed by atoms with van der Waals surface area (Å²) in [5, 5.41) is 13.5. The van der Waals surface area contributed by atoms with E-state index in [-0.39, 0.29) is 5.75 Å². The van der Waals surface area contributed by atoms with Crippen LogP contribution >= 0.6 is 11.6 Å². The Balaban J connectivity index is 2.35. The molecule has 0 saturated carbocycles. The normalized spacial score (nSPS) is 17.4. The summed E-state index contributed by atoms with van der Waals surface area (Å²) in [7, 11) is 1.57. The second kappa shape index (κ2) is 4.93. The van der Waals surface area contributed by atoms with Crippen molar-refractivity contribution < 1.29 is 9.84 Å². The van der Waals surface area contributed by atoms with E-state index in [1.165, 1.54) is 0 Å². The lowest BCUT2D eigenvalue weighted by atomic mass is 9.89. The van der Waals surface area contributed by atoms with Gasteiger partial charge in [-0.05, 0) is 37.9 Å². The first kappa shape index (κ1) is 11.6. The van der Waals surface area contributed by atoms with Crippen molar-refractivity contribution in [2.75, 3.05) is 20.2 Å². The average molecular weight is 242 g/mol. The van der Waals surface area contributed by atoms with Crippen LogP contribution in [-0.4, -0.2) is 25.3 Å². The summed E-state index contributed by atoms with van der Waals surface area (Å²) in [6, 6.07) is 3.69. The number of hydrogen-bond donors (Lipinski definition) is 2. The fourth-order valence-electron chi connectivity index (χ4n) is 2.23. The predicted octanol–water partition coefficient (Wildman–Crippen LogP) is 2.52. The lowest BCUT2D eigenvalue weighted by Crippen LogP contribution is -2.26. The number of phenols is 1. The minimum absolute atomic E-state index is 0.0557. The predicted molar refractivity (Wildman–Crippen MR) is 64.5 cm³/mol. The highest BCUT2D eigenvalue weighted by molar-refractivity contribution is 6.32. The fourth-order valence-corrected chi connectivity index (χ4v) is 2.38. The van der Waals surface area contributed by atoms with Crippen LogP contribution in [0.3, 0.4) is 0 Å². The van der Waals surface area contributed by atoms with Crippen LogP contribution in [0.5, 0.6) is 11.5 Å². The minimum Gasteiger partial charge on any atom is -0.503 e. The van der Waals surface area contributed by atoms with E-state index in [9.17, 15) is 5.11 Å². The first-order valence-corrected chi connectivity index (χ1v) is 5.88. The Hall–Kier alpha value is -0.930. The van der Waals surface area contributed by atoms with E-state index in [4.69, 9.17) is 16.3 Å². The van der Waals surface area contributed by atoms with E-state index >= 15 is 0 Å². The molecule has 2 N–H and O–H groups in total. The Morgan fingerprint density at radius 3 is 2.69 bits per heavy atom. The van der Waals surface area contributed by atoms with E-state index in [0.29, 0.717) is 16.7 Å². The SMILES string of the molecule is COc1c(C2CCNCC2)ccc(Cl)c1O. The molecule has 0 amide bonds. The molecule has 0 radical (unpaired) electrons. The fraction of sp³-hybridized carbons (Fsp3) is 0.500. The molecule has 0 aliphatic carbocycles. The molecule has 16 heavy (non-hydrogen) atoms. The van der Waals surface area contributed by atoms with E-state index in [1.54, 1.807) is 13.2 Å². The molecule has 1 heterocycles. The number of ether oxygens (including phenoxy) is 1. The van der Waals surface area contributed by atoms with Crippen LogP contribution in [0.25, 0.3) is 0 Å². The molecule has 88 valence electrons. The van der Waals surface area contributed by atoms with Gasteiger partial charge >= 0.3 is 0 Å². The number of phenolic OH excluding ortho intramolecular Hbond substituents is 1. The van der Waals surface area contributed by atoms with Gasteiger partial charge in [-0.15, -0.1) is 0 Å². The second-order valence-corrected chi connectivity index (χ2v) is 4.45. The molecule has 0 spiro atoms. The van der Waals surface area contributed by atoms with Gasteiger partial charge in [-0.1, -0.05) is 17.7 Å². The van der Waals surface area contributed by atoms with Gasteiger partial charge in [-0.25, -0.2) is 0 Å². The van der Waals surface area contributed by atoms with Gasteiger partial charge < -0.3 is 15.2 Å². The molecule has 1 fully saturated rings. The monoisotopic (exact) mass is 241 g/mol. The third kappa shape index (κ3) is 2.11. The van der Waals surface area contributed by atoms with Crippen molar-refractivity contribution in [1.29, 1.82) is 0 Å². The molecule has 1 saturated heterocycles. The summed E-state index contributed by atoms with van der Waals surface area (Å²) in [5.41, 5.74) is 1.06. The van der Waals surface area contributed by atoms with Crippen LogP contribution in [-0.2, 0) is 0 Å². The maximum absolute atomic E-state index is 9.84. The Morgan fingerprint density at radius 2 is 2.06 bits per heavy atom. The molecular formula is C12H16ClNO2. The standard InChI is InChI=1S/C12H16ClNO2/c1-16-12-9(2-3-10(13)11(12)15)8-4-6-14-7-5-8/h2-3,8,14-15H,4-7H2,1H3. The highest BCUT2D eigenvalue weighted by atomic mass is 35.5. The van der Waals surface area contributed by atoms with Crippen LogP contribution in [0.15, 0.2) is 12.1 Å². The van der Waals surface area contributed by atoms with Crippen molar-refractivity contribution >= 4 is 11.6 Å². The van der Waals surface area contributed by atoms with E-state index < -0.39 is 0 Å². The van der Waals surface area contributed by atoms with Gasteiger partial charge in [0.1, 0.15) is 0 Å². The van der Waals surface area contributed by atoms with Crippen LogP contribution < -0.4 is 10.1 Å². The number of aromatic hydroxyl groups is 1. The third-order valence-corrected chi connectivity index (χ3v) is 3.40. The zero-order valence-corrected chi connectivity index (χ0v) is 10.0. The lowest BCUT2D eigenvalue weighted by Gasteiger charge is -2.25. The lowest BCUT2D eigenvalue weighted by molar-refractivity contribution is 0.359. The molecule has 1 aromatic rings. The van der Waals surface area contributed by atoms with Gasteiger partial charge in [-0.3, -0.25) is 0 Å².